The van der Waals surface area contributed by atoms with Gasteiger partial charge in [-0.1, -0.05) is 0 Å². The standard InChI is InChI=1S/C26H27F2N9O3/c1-3-40-24(38)23-21(15(2)34-35-23)22-19(28)14-31-25(33-22)36-6-8-37(9-7-36)26(39)32-20(4-5-29)17-10-16(13-30)11-18(27)12-17/h5,10-12,14,20,29H,3-4,6-9H2,1-2H3,(H,32,39)(H,34,35)/t20-/m0/s1. The molecule has 1 fully saturated rings. The number of nitriles is 1. The first-order valence-electron chi connectivity index (χ1n) is 12.5. The van der Waals surface area contributed by atoms with Crippen LogP contribution in [0.4, 0.5) is 19.5 Å². The lowest BCUT2D eigenvalue weighted by atomic mass is 10.0. The summed E-state index contributed by atoms with van der Waals surface area (Å²) in [6, 6.07) is 4.58. The zero-order chi connectivity index (χ0) is 28.8. The number of hydrogen-bond acceptors (Lipinski definition) is 9. The predicted molar refractivity (Wildman–Crippen MR) is 140 cm³/mol. The van der Waals surface area contributed by atoms with E-state index in [1.165, 1.54) is 12.1 Å². The van der Waals surface area contributed by atoms with Crippen LogP contribution in [0.25, 0.3) is 11.3 Å². The number of amides is 2. The quantitative estimate of drug-likeness (QED) is 0.284. The van der Waals surface area contributed by atoms with Gasteiger partial charge in [-0.2, -0.15) is 10.4 Å². The van der Waals surface area contributed by atoms with Crippen molar-refractivity contribution in [2.45, 2.75) is 26.3 Å². The topological polar surface area (TPSA) is 164 Å². The zero-order valence-electron chi connectivity index (χ0n) is 21.9. The third-order valence-corrected chi connectivity index (χ3v) is 6.34. The van der Waals surface area contributed by atoms with Gasteiger partial charge in [-0.25, -0.2) is 28.3 Å². The van der Waals surface area contributed by atoms with Gasteiger partial charge in [-0.3, -0.25) is 5.10 Å². The Balaban J connectivity index is 1.47. The number of hydrogen-bond donors (Lipinski definition) is 3. The fraction of sp³-hybridized carbons (Fsp3) is 0.346. The first kappa shape index (κ1) is 28.1. The summed E-state index contributed by atoms with van der Waals surface area (Å²) in [5.74, 6) is -1.82. The smallest absolute Gasteiger partial charge is 0.359 e. The summed E-state index contributed by atoms with van der Waals surface area (Å²) in [6.07, 6.45) is 2.25. The van der Waals surface area contributed by atoms with Crippen molar-refractivity contribution in [3.05, 3.63) is 58.5 Å². The largest absolute Gasteiger partial charge is 0.461 e. The predicted octanol–water partition coefficient (Wildman–Crippen LogP) is 3.11. The highest BCUT2D eigenvalue weighted by molar-refractivity contribution is 5.95. The van der Waals surface area contributed by atoms with E-state index in [1.54, 1.807) is 23.6 Å². The summed E-state index contributed by atoms with van der Waals surface area (Å²) in [5.41, 5.74) is 0.951. The number of carbonyl (C=O) groups excluding carboxylic acids is 2. The van der Waals surface area contributed by atoms with Crippen LogP contribution in [0.5, 0.6) is 0 Å². The van der Waals surface area contributed by atoms with Gasteiger partial charge in [0.25, 0.3) is 0 Å². The molecule has 0 unspecified atom stereocenters. The van der Waals surface area contributed by atoms with Gasteiger partial charge in [0, 0.05) is 38.3 Å². The Bertz CT molecular complexity index is 1460. The Morgan fingerprint density at radius 2 is 2.02 bits per heavy atom. The molecule has 1 atom stereocenters. The number of nitrogens with zero attached hydrogens (tertiary/aromatic N) is 6. The summed E-state index contributed by atoms with van der Waals surface area (Å²) in [5, 5.41) is 26.1. The minimum Gasteiger partial charge on any atom is -0.461 e. The number of rotatable bonds is 8. The van der Waals surface area contributed by atoms with Crippen molar-refractivity contribution in [2.24, 2.45) is 0 Å². The molecule has 2 aromatic heterocycles. The first-order valence-corrected chi connectivity index (χ1v) is 12.5. The molecule has 0 radical (unpaired) electrons. The highest BCUT2D eigenvalue weighted by Crippen LogP contribution is 2.28. The van der Waals surface area contributed by atoms with Crippen LogP contribution in [-0.4, -0.2) is 76.1 Å². The molecule has 14 heteroatoms. The molecule has 208 valence electrons. The van der Waals surface area contributed by atoms with Gasteiger partial charge < -0.3 is 25.3 Å². The van der Waals surface area contributed by atoms with Gasteiger partial charge >= 0.3 is 12.0 Å². The van der Waals surface area contributed by atoms with E-state index in [0.29, 0.717) is 24.3 Å². The lowest BCUT2D eigenvalue weighted by Gasteiger charge is -2.35. The number of aryl methyl sites for hydroxylation is 1. The Morgan fingerprint density at radius 3 is 2.70 bits per heavy atom. The number of esters is 1. The van der Waals surface area contributed by atoms with Crippen LogP contribution in [0.2, 0.25) is 0 Å². The van der Waals surface area contributed by atoms with Gasteiger partial charge in [-0.05, 0) is 43.8 Å². The summed E-state index contributed by atoms with van der Waals surface area (Å²) >= 11 is 0. The SMILES string of the molecule is CCOC(=O)c1n[nH]c(C)c1-c1nc(N2CCN(C(=O)N[C@@H](CC=N)c3cc(F)cc(C#N)c3)CC2)ncc1F. The van der Waals surface area contributed by atoms with Crippen molar-refractivity contribution >= 4 is 24.2 Å². The van der Waals surface area contributed by atoms with Gasteiger partial charge in [-0.15, -0.1) is 0 Å². The van der Waals surface area contributed by atoms with E-state index in [4.69, 9.17) is 15.4 Å². The molecule has 12 nitrogen and oxygen atoms in total. The summed E-state index contributed by atoms with van der Waals surface area (Å²) in [4.78, 5) is 37.2. The van der Waals surface area contributed by atoms with E-state index in [-0.39, 0.29) is 54.6 Å². The number of anilines is 1. The normalized spacial score (nSPS) is 13.9. The molecule has 3 N–H and O–H groups in total. The third kappa shape index (κ3) is 6.04. The van der Waals surface area contributed by atoms with E-state index < -0.39 is 29.7 Å². The van der Waals surface area contributed by atoms with E-state index in [0.717, 1.165) is 18.5 Å². The maximum atomic E-state index is 14.8. The molecule has 1 saturated heterocycles. The molecule has 1 aromatic carbocycles. The van der Waals surface area contributed by atoms with Crippen molar-refractivity contribution in [1.82, 2.24) is 30.4 Å². The van der Waals surface area contributed by atoms with Crippen LogP contribution in [0.1, 0.15) is 46.7 Å². The lowest BCUT2D eigenvalue weighted by Crippen LogP contribution is -2.52. The molecule has 0 spiro atoms. The Hall–Kier alpha value is -4.93. The van der Waals surface area contributed by atoms with E-state index >= 15 is 0 Å². The van der Waals surface area contributed by atoms with E-state index in [9.17, 15) is 18.4 Å². The molecule has 1 aliphatic heterocycles. The molecule has 3 aromatic rings. The number of carbonyl (C=O) groups is 2. The number of ether oxygens (including phenoxy) is 1. The molecular weight excluding hydrogens is 524 g/mol. The number of H-pyrrole nitrogens is 1. The van der Waals surface area contributed by atoms with Crippen LogP contribution in [0.3, 0.4) is 0 Å². The minimum absolute atomic E-state index is 0.0796. The first-order chi connectivity index (χ1) is 19.2. The van der Waals surface area contributed by atoms with Crippen LogP contribution < -0.4 is 10.2 Å². The fourth-order valence-corrected chi connectivity index (χ4v) is 4.38. The maximum Gasteiger partial charge on any atom is 0.359 e. The van der Waals surface area contributed by atoms with E-state index in [1.807, 2.05) is 6.07 Å². The highest BCUT2D eigenvalue weighted by Gasteiger charge is 2.28. The Labute approximate surface area is 228 Å². The van der Waals surface area contributed by atoms with Crippen molar-refractivity contribution in [3.63, 3.8) is 0 Å². The summed E-state index contributed by atoms with van der Waals surface area (Å²) in [7, 11) is 0. The Morgan fingerprint density at radius 1 is 1.27 bits per heavy atom. The molecule has 0 aliphatic carbocycles. The van der Waals surface area contributed by atoms with Gasteiger partial charge in [0.2, 0.25) is 5.95 Å². The molecule has 3 heterocycles. The second-order valence-electron chi connectivity index (χ2n) is 8.96. The number of aromatic amines is 1. The number of piperazine rings is 1. The van der Waals surface area contributed by atoms with Crippen LogP contribution in [0.15, 0.2) is 24.4 Å². The average molecular weight is 552 g/mol. The number of nitrogens with one attached hydrogen (secondary N) is 3. The van der Waals surface area contributed by atoms with Crippen molar-refractivity contribution in [1.29, 1.82) is 10.7 Å². The Kier molecular flexibility index (Phi) is 8.63. The lowest BCUT2D eigenvalue weighted by molar-refractivity contribution is 0.0520. The van der Waals surface area contributed by atoms with Gasteiger partial charge in [0.05, 0.1) is 36.0 Å². The number of urea groups is 1. The summed E-state index contributed by atoms with van der Waals surface area (Å²) < 4.78 is 33.8. The van der Waals surface area contributed by atoms with Crippen LogP contribution in [0, 0.1) is 35.3 Å². The van der Waals surface area contributed by atoms with Crippen molar-refractivity contribution in [2.75, 3.05) is 37.7 Å². The van der Waals surface area contributed by atoms with Crippen LogP contribution >= 0.6 is 0 Å². The zero-order valence-corrected chi connectivity index (χ0v) is 21.9. The van der Waals surface area contributed by atoms with E-state index in [2.05, 4.69) is 25.5 Å². The second-order valence-corrected chi connectivity index (χ2v) is 8.96. The monoisotopic (exact) mass is 551 g/mol. The molecule has 40 heavy (non-hydrogen) atoms. The van der Waals surface area contributed by atoms with Gasteiger partial charge in [0.1, 0.15) is 11.5 Å². The second kappa shape index (κ2) is 12.3. The highest BCUT2D eigenvalue weighted by atomic mass is 19.1. The molecule has 4 rings (SSSR count). The van der Waals surface area contributed by atoms with Crippen LogP contribution in [-0.2, 0) is 4.74 Å². The molecule has 0 bridgehead atoms. The molecule has 2 amide bonds. The number of aromatic nitrogens is 4. The minimum atomic E-state index is -0.731. The van der Waals surface area contributed by atoms with Crippen molar-refractivity contribution in [3.8, 4) is 17.3 Å². The maximum absolute atomic E-state index is 14.8. The van der Waals surface area contributed by atoms with Crippen molar-refractivity contribution < 1.29 is 23.1 Å². The summed E-state index contributed by atoms with van der Waals surface area (Å²) in [6.45, 7) is 4.66. The fourth-order valence-electron chi connectivity index (χ4n) is 4.38. The molecular formula is C26H27F2N9O3. The third-order valence-electron chi connectivity index (χ3n) is 6.34. The van der Waals surface area contributed by atoms with Gasteiger partial charge in [0.15, 0.2) is 11.5 Å². The molecule has 1 aliphatic rings. The average Bonchev–Trinajstić information content (AvgIpc) is 3.34. The number of benzene rings is 1. The molecule has 0 saturated carbocycles. The number of halogens is 2.